The van der Waals surface area contributed by atoms with Crippen LogP contribution in [0.5, 0.6) is 0 Å². The van der Waals surface area contributed by atoms with Crippen molar-refractivity contribution in [1.29, 1.82) is 0 Å². The Bertz CT molecular complexity index is 631. The Morgan fingerprint density at radius 2 is 2.04 bits per heavy atom. The number of ether oxygens (including phenoxy) is 1. The van der Waals surface area contributed by atoms with Gasteiger partial charge in [-0.25, -0.2) is 0 Å². The van der Waals surface area contributed by atoms with Gasteiger partial charge in [0.05, 0.1) is 11.9 Å². The zero-order valence-corrected chi connectivity index (χ0v) is 14.3. The first kappa shape index (κ1) is 15.8. The summed E-state index contributed by atoms with van der Waals surface area (Å²) in [4.78, 5) is 2.61. The highest BCUT2D eigenvalue weighted by Gasteiger charge is 2.33. The molecule has 24 heavy (non-hydrogen) atoms. The Kier molecular flexibility index (Phi) is 4.62. The van der Waals surface area contributed by atoms with Crippen LogP contribution in [0, 0.1) is 11.8 Å². The van der Waals surface area contributed by atoms with Gasteiger partial charge in [-0.05, 0) is 44.3 Å². The predicted octanol–water partition coefficient (Wildman–Crippen LogP) is 1.50. The molecular formula is C17H26N6O. The van der Waals surface area contributed by atoms with E-state index >= 15 is 0 Å². The Morgan fingerprint density at radius 1 is 1.17 bits per heavy atom. The molecule has 0 aromatic carbocycles. The minimum Gasteiger partial charge on any atom is -0.372 e. The fourth-order valence-corrected chi connectivity index (χ4v) is 4.09. The minimum atomic E-state index is 0.199. The first-order valence-corrected chi connectivity index (χ1v) is 8.95. The Labute approximate surface area is 142 Å². The molecule has 2 aliphatic rings. The standard InChI is InChI=1S/C17H26N6O/c1-21-16(2-6-19-21)17-15(5-11-24-17)13-22-8-3-14(4-9-22)12-23-10-7-18-20-23/h2,6-7,10,14-15,17H,3-5,8-9,11-13H2,1H3/t15-,17+/m0/s1. The van der Waals surface area contributed by atoms with Gasteiger partial charge in [-0.1, -0.05) is 5.21 Å². The van der Waals surface area contributed by atoms with Crippen LogP contribution in [-0.4, -0.2) is 55.9 Å². The molecule has 0 bridgehead atoms. The average molecular weight is 330 g/mol. The summed E-state index contributed by atoms with van der Waals surface area (Å²) in [6.07, 6.45) is 9.41. The lowest BCUT2D eigenvalue weighted by Crippen LogP contribution is -2.38. The Hall–Kier alpha value is -1.73. The van der Waals surface area contributed by atoms with Gasteiger partial charge >= 0.3 is 0 Å². The second kappa shape index (κ2) is 7.03. The van der Waals surface area contributed by atoms with Gasteiger partial charge in [0.15, 0.2) is 0 Å². The topological polar surface area (TPSA) is 61.0 Å². The SMILES string of the molecule is Cn1nccc1[C@@H]1OCC[C@H]1CN1CCC(Cn2ccnn2)CC1. The van der Waals surface area contributed by atoms with Gasteiger partial charge < -0.3 is 9.64 Å². The second-order valence-corrected chi connectivity index (χ2v) is 7.09. The van der Waals surface area contributed by atoms with Crippen LogP contribution < -0.4 is 0 Å². The van der Waals surface area contributed by atoms with Crippen molar-refractivity contribution in [2.75, 3.05) is 26.2 Å². The fourth-order valence-electron chi connectivity index (χ4n) is 4.09. The molecule has 0 radical (unpaired) electrons. The molecular weight excluding hydrogens is 304 g/mol. The molecule has 0 spiro atoms. The molecule has 0 unspecified atom stereocenters. The van der Waals surface area contributed by atoms with Crippen LogP contribution in [0.1, 0.15) is 31.1 Å². The molecule has 2 aliphatic heterocycles. The van der Waals surface area contributed by atoms with Gasteiger partial charge in [-0.15, -0.1) is 5.10 Å². The summed E-state index contributed by atoms with van der Waals surface area (Å²) < 4.78 is 9.93. The molecule has 2 aromatic rings. The molecule has 4 rings (SSSR count). The molecule has 7 heteroatoms. The smallest absolute Gasteiger partial charge is 0.103 e. The van der Waals surface area contributed by atoms with Crippen molar-refractivity contribution in [3.8, 4) is 0 Å². The van der Waals surface area contributed by atoms with Gasteiger partial charge in [-0.2, -0.15) is 5.10 Å². The second-order valence-electron chi connectivity index (χ2n) is 7.09. The van der Waals surface area contributed by atoms with E-state index in [1.165, 1.54) is 31.6 Å². The van der Waals surface area contributed by atoms with Crippen LogP contribution in [0.2, 0.25) is 0 Å². The summed E-state index contributed by atoms with van der Waals surface area (Å²) in [5.41, 5.74) is 1.21. The summed E-state index contributed by atoms with van der Waals surface area (Å²) in [5.74, 6) is 1.29. The molecule has 2 atom stereocenters. The molecule has 0 N–H and O–H groups in total. The summed E-state index contributed by atoms with van der Waals surface area (Å²) in [5, 5.41) is 12.3. The zero-order valence-electron chi connectivity index (χ0n) is 14.3. The molecule has 130 valence electrons. The van der Waals surface area contributed by atoms with Gasteiger partial charge in [-0.3, -0.25) is 9.36 Å². The highest BCUT2D eigenvalue weighted by molar-refractivity contribution is 5.07. The number of piperidine rings is 1. The maximum absolute atomic E-state index is 6.02. The maximum Gasteiger partial charge on any atom is 0.103 e. The quantitative estimate of drug-likeness (QED) is 0.831. The van der Waals surface area contributed by atoms with Crippen molar-refractivity contribution in [3.63, 3.8) is 0 Å². The molecule has 0 aliphatic carbocycles. The summed E-state index contributed by atoms with van der Waals surface area (Å²) in [6.45, 7) is 5.34. The normalized spacial score (nSPS) is 26.2. The summed E-state index contributed by atoms with van der Waals surface area (Å²) in [7, 11) is 2.00. The third kappa shape index (κ3) is 3.37. The van der Waals surface area contributed by atoms with Crippen LogP contribution >= 0.6 is 0 Å². The molecule has 2 saturated heterocycles. The third-order valence-electron chi connectivity index (χ3n) is 5.48. The van der Waals surface area contributed by atoms with Crippen LogP contribution in [0.4, 0.5) is 0 Å². The highest BCUT2D eigenvalue weighted by atomic mass is 16.5. The first-order chi connectivity index (χ1) is 11.8. The lowest BCUT2D eigenvalue weighted by Gasteiger charge is -2.34. The van der Waals surface area contributed by atoms with Crippen molar-refractivity contribution in [1.82, 2.24) is 29.7 Å². The first-order valence-electron chi connectivity index (χ1n) is 8.95. The van der Waals surface area contributed by atoms with Crippen LogP contribution in [-0.2, 0) is 18.3 Å². The predicted molar refractivity (Wildman–Crippen MR) is 89.2 cm³/mol. The maximum atomic E-state index is 6.02. The van der Waals surface area contributed by atoms with Crippen molar-refractivity contribution < 1.29 is 4.74 Å². The zero-order chi connectivity index (χ0) is 16.4. The number of hydrogen-bond acceptors (Lipinski definition) is 5. The summed E-state index contributed by atoms with van der Waals surface area (Å²) in [6, 6.07) is 2.09. The van der Waals surface area contributed by atoms with E-state index in [0.29, 0.717) is 5.92 Å². The van der Waals surface area contributed by atoms with Gasteiger partial charge in [0.1, 0.15) is 6.10 Å². The van der Waals surface area contributed by atoms with E-state index in [0.717, 1.165) is 32.0 Å². The Balaban J connectivity index is 1.29. The van der Waals surface area contributed by atoms with E-state index < -0.39 is 0 Å². The van der Waals surface area contributed by atoms with Gasteiger partial charge in [0.2, 0.25) is 0 Å². The Morgan fingerprint density at radius 3 is 2.75 bits per heavy atom. The third-order valence-corrected chi connectivity index (χ3v) is 5.48. The molecule has 2 fully saturated rings. The number of likely N-dealkylation sites (tertiary alicyclic amines) is 1. The van der Waals surface area contributed by atoms with Crippen LogP contribution in [0.15, 0.2) is 24.7 Å². The number of hydrogen-bond donors (Lipinski definition) is 0. The molecule has 4 heterocycles. The van der Waals surface area contributed by atoms with E-state index in [-0.39, 0.29) is 6.10 Å². The lowest BCUT2D eigenvalue weighted by atomic mass is 9.93. The summed E-state index contributed by atoms with van der Waals surface area (Å²) >= 11 is 0. The highest BCUT2D eigenvalue weighted by Crippen LogP contribution is 2.35. The fraction of sp³-hybridized carbons (Fsp3) is 0.706. The van der Waals surface area contributed by atoms with Gasteiger partial charge in [0.25, 0.3) is 0 Å². The van der Waals surface area contributed by atoms with E-state index in [1.54, 1.807) is 6.20 Å². The molecule has 7 nitrogen and oxygen atoms in total. The lowest BCUT2D eigenvalue weighted by molar-refractivity contribution is 0.0647. The largest absolute Gasteiger partial charge is 0.372 e. The number of nitrogens with zero attached hydrogens (tertiary/aromatic N) is 6. The number of aromatic nitrogens is 5. The van der Waals surface area contributed by atoms with Crippen molar-refractivity contribution in [2.45, 2.75) is 31.9 Å². The van der Waals surface area contributed by atoms with Crippen molar-refractivity contribution >= 4 is 0 Å². The molecule has 0 amide bonds. The van der Waals surface area contributed by atoms with E-state index in [1.807, 2.05) is 28.8 Å². The number of aryl methyl sites for hydroxylation is 1. The minimum absolute atomic E-state index is 0.199. The average Bonchev–Trinajstić information content (AvgIpc) is 3.32. The number of rotatable bonds is 5. The van der Waals surface area contributed by atoms with E-state index in [9.17, 15) is 0 Å². The molecule has 2 aromatic heterocycles. The van der Waals surface area contributed by atoms with Crippen LogP contribution in [0.3, 0.4) is 0 Å². The van der Waals surface area contributed by atoms with Crippen molar-refractivity contribution in [2.24, 2.45) is 18.9 Å². The van der Waals surface area contributed by atoms with Crippen LogP contribution in [0.25, 0.3) is 0 Å². The van der Waals surface area contributed by atoms with E-state index in [2.05, 4.69) is 26.4 Å². The van der Waals surface area contributed by atoms with Crippen molar-refractivity contribution in [3.05, 3.63) is 30.4 Å². The molecule has 0 saturated carbocycles. The van der Waals surface area contributed by atoms with E-state index in [4.69, 9.17) is 4.74 Å². The monoisotopic (exact) mass is 330 g/mol. The van der Waals surface area contributed by atoms with Gasteiger partial charge in [0, 0.05) is 45.1 Å².